The van der Waals surface area contributed by atoms with Gasteiger partial charge < -0.3 is 0 Å². The summed E-state index contributed by atoms with van der Waals surface area (Å²) in [6, 6.07) is 12.0. The summed E-state index contributed by atoms with van der Waals surface area (Å²) in [4.78, 5) is 22.8. The van der Waals surface area contributed by atoms with Crippen LogP contribution >= 0.6 is 0 Å². The Morgan fingerprint density at radius 2 is 1.71 bits per heavy atom. The Morgan fingerprint density at radius 3 is 2.25 bits per heavy atom. The topological polar surface area (TPSA) is 106 Å². The van der Waals surface area contributed by atoms with Crippen LogP contribution in [0.1, 0.15) is 29.8 Å². The van der Waals surface area contributed by atoms with Gasteiger partial charge in [-0.1, -0.05) is 30.3 Å². The number of anilines is 1. The van der Waals surface area contributed by atoms with Gasteiger partial charge in [-0.05, 0) is 26.0 Å². The summed E-state index contributed by atoms with van der Waals surface area (Å²) in [6.07, 6.45) is 0. The lowest BCUT2D eigenvalue weighted by Crippen LogP contribution is -2.23. The molecule has 0 unspecified atom stereocenters. The Kier molecular flexibility index (Phi) is 4.99. The van der Waals surface area contributed by atoms with Gasteiger partial charge in [-0.15, -0.1) is 0 Å². The monoisotopic (exact) mass is 348 g/mol. The minimum atomic E-state index is -3.78. The van der Waals surface area contributed by atoms with Gasteiger partial charge in [0.1, 0.15) is 5.69 Å². The molecule has 0 saturated heterocycles. The lowest BCUT2D eigenvalue weighted by Gasteiger charge is -2.12. The fourth-order valence-corrected chi connectivity index (χ4v) is 2.65. The SMILES string of the molecule is CC(C)S(=O)(=O)Nc1cc(C(=O)c2ccccc2)ccc1[N+](=O)[O-]. The molecule has 0 bridgehead atoms. The van der Waals surface area contributed by atoms with Gasteiger partial charge in [0.15, 0.2) is 5.78 Å². The summed E-state index contributed by atoms with van der Waals surface area (Å²) < 4.78 is 26.2. The minimum Gasteiger partial charge on any atom is -0.289 e. The summed E-state index contributed by atoms with van der Waals surface area (Å²) in [6.45, 7) is 2.90. The highest BCUT2D eigenvalue weighted by molar-refractivity contribution is 7.93. The van der Waals surface area contributed by atoms with E-state index in [0.29, 0.717) is 5.56 Å². The number of nitro benzene ring substituents is 1. The smallest absolute Gasteiger partial charge is 0.289 e. The Labute approximate surface area is 139 Å². The summed E-state index contributed by atoms with van der Waals surface area (Å²) in [5.74, 6) is -0.351. The zero-order valence-corrected chi connectivity index (χ0v) is 13.9. The molecule has 0 saturated carbocycles. The first-order chi connectivity index (χ1) is 11.2. The lowest BCUT2D eigenvalue weighted by atomic mass is 10.0. The van der Waals surface area contributed by atoms with Crippen LogP contribution in [0.4, 0.5) is 11.4 Å². The van der Waals surface area contributed by atoms with Crippen LogP contribution in [0.3, 0.4) is 0 Å². The first-order valence-electron chi connectivity index (χ1n) is 7.12. The molecule has 2 aromatic carbocycles. The molecule has 7 nitrogen and oxygen atoms in total. The highest BCUT2D eigenvalue weighted by Gasteiger charge is 2.23. The van der Waals surface area contributed by atoms with Gasteiger partial charge in [0.05, 0.1) is 10.2 Å². The maximum absolute atomic E-state index is 12.4. The highest BCUT2D eigenvalue weighted by atomic mass is 32.2. The van der Waals surface area contributed by atoms with Gasteiger partial charge in [-0.3, -0.25) is 19.6 Å². The zero-order chi connectivity index (χ0) is 17.9. The van der Waals surface area contributed by atoms with E-state index in [1.807, 2.05) is 0 Å². The molecule has 0 atom stereocenters. The molecule has 2 aromatic rings. The van der Waals surface area contributed by atoms with Crippen LogP contribution in [0, 0.1) is 10.1 Å². The van der Waals surface area contributed by atoms with E-state index in [2.05, 4.69) is 4.72 Å². The summed E-state index contributed by atoms with van der Waals surface area (Å²) in [7, 11) is -3.78. The van der Waals surface area contributed by atoms with Crippen LogP contribution in [0.5, 0.6) is 0 Å². The average molecular weight is 348 g/mol. The predicted molar refractivity (Wildman–Crippen MR) is 90.6 cm³/mol. The normalized spacial score (nSPS) is 11.3. The quantitative estimate of drug-likeness (QED) is 0.491. The van der Waals surface area contributed by atoms with Crippen molar-refractivity contribution in [3.8, 4) is 0 Å². The second-order valence-electron chi connectivity index (χ2n) is 5.38. The molecule has 0 amide bonds. The number of rotatable bonds is 6. The third-order valence-corrected chi connectivity index (χ3v) is 5.11. The van der Waals surface area contributed by atoms with E-state index in [4.69, 9.17) is 0 Å². The van der Waals surface area contributed by atoms with Crippen molar-refractivity contribution in [1.29, 1.82) is 0 Å². The molecule has 0 fully saturated rings. The van der Waals surface area contributed by atoms with Gasteiger partial charge in [-0.2, -0.15) is 0 Å². The van der Waals surface area contributed by atoms with Gasteiger partial charge in [0, 0.05) is 17.2 Å². The number of carbonyl (C=O) groups is 1. The number of nitrogens with zero attached hydrogens (tertiary/aromatic N) is 1. The van der Waals surface area contributed by atoms with Crippen molar-refractivity contribution in [3.05, 3.63) is 69.8 Å². The van der Waals surface area contributed by atoms with E-state index < -0.39 is 25.9 Å². The number of carbonyl (C=O) groups excluding carboxylic acids is 1. The largest absolute Gasteiger partial charge is 0.293 e. The van der Waals surface area contributed by atoms with E-state index in [9.17, 15) is 23.3 Å². The van der Waals surface area contributed by atoms with Gasteiger partial charge >= 0.3 is 0 Å². The Morgan fingerprint density at radius 1 is 1.08 bits per heavy atom. The van der Waals surface area contributed by atoms with Crippen LogP contribution in [0.2, 0.25) is 0 Å². The second-order valence-corrected chi connectivity index (χ2v) is 7.62. The highest BCUT2D eigenvalue weighted by Crippen LogP contribution is 2.28. The Hall–Kier alpha value is -2.74. The molecule has 0 radical (unpaired) electrons. The lowest BCUT2D eigenvalue weighted by molar-refractivity contribution is -0.383. The third-order valence-electron chi connectivity index (χ3n) is 3.36. The molecular weight excluding hydrogens is 332 g/mol. The van der Waals surface area contributed by atoms with Gasteiger partial charge in [0.25, 0.3) is 5.69 Å². The fourth-order valence-electron chi connectivity index (χ4n) is 1.95. The first-order valence-corrected chi connectivity index (χ1v) is 8.67. The number of nitrogens with one attached hydrogen (secondary N) is 1. The number of benzene rings is 2. The van der Waals surface area contributed by atoms with Crippen molar-refractivity contribution in [2.45, 2.75) is 19.1 Å². The minimum absolute atomic E-state index is 0.160. The number of hydrogen-bond donors (Lipinski definition) is 1. The maximum Gasteiger partial charge on any atom is 0.293 e. The fraction of sp³-hybridized carbons (Fsp3) is 0.188. The molecule has 126 valence electrons. The molecule has 0 spiro atoms. The Balaban J connectivity index is 2.49. The molecule has 0 aromatic heterocycles. The molecule has 0 aliphatic heterocycles. The number of hydrogen-bond acceptors (Lipinski definition) is 5. The van der Waals surface area contributed by atoms with Gasteiger partial charge in [0.2, 0.25) is 10.0 Å². The summed E-state index contributed by atoms with van der Waals surface area (Å²) in [5, 5.41) is 10.3. The molecule has 2 rings (SSSR count). The average Bonchev–Trinajstić information content (AvgIpc) is 2.54. The molecule has 0 aliphatic rings. The number of ketones is 1. The molecule has 24 heavy (non-hydrogen) atoms. The van der Waals surface area contributed by atoms with E-state index in [0.717, 1.165) is 6.07 Å². The van der Waals surface area contributed by atoms with Crippen LogP contribution in [0.15, 0.2) is 48.5 Å². The maximum atomic E-state index is 12.4. The molecule has 0 heterocycles. The second kappa shape index (κ2) is 6.79. The Bertz CT molecular complexity index is 877. The van der Waals surface area contributed by atoms with Crippen molar-refractivity contribution in [3.63, 3.8) is 0 Å². The molecular formula is C16H16N2O5S. The van der Waals surface area contributed by atoms with Crippen molar-refractivity contribution in [2.24, 2.45) is 0 Å². The number of nitro groups is 1. The van der Waals surface area contributed by atoms with Crippen LogP contribution in [0.25, 0.3) is 0 Å². The first kappa shape index (κ1) is 17.6. The van der Waals surface area contributed by atoms with E-state index in [1.165, 1.54) is 26.0 Å². The van der Waals surface area contributed by atoms with Crippen molar-refractivity contribution < 1.29 is 18.1 Å². The molecule has 1 N–H and O–H groups in total. The molecule has 8 heteroatoms. The van der Waals surface area contributed by atoms with E-state index >= 15 is 0 Å². The van der Waals surface area contributed by atoms with E-state index in [1.54, 1.807) is 30.3 Å². The standard InChI is InChI=1S/C16H16N2O5S/c1-11(2)24(22,23)17-14-10-13(8-9-15(14)18(20)21)16(19)12-6-4-3-5-7-12/h3-11,17H,1-2H3. The number of sulfonamides is 1. The van der Waals surface area contributed by atoms with Crippen molar-refractivity contribution in [1.82, 2.24) is 0 Å². The molecule has 0 aliphatic carbocycles. The van der Waals surface area contributed by atoms with Crippen LogP contribution < -0.4 is 4.72 Å². The van der Waals surface area contributed by atoms with Gasteiger partial charge in [-0.25, -0.2) is 8.42 Å². The van der Waals surface area contributed by atoms with Crippen molar-refractivity contribution >= 4 is 27.2 Å². The van der Waals surface area contributed by atoms with Crippen LogP contribution in [-0.4, -0.2) is 24.4 Å². The van der Waals surface area contributed by atoms with Crippen LogP contribution in [-0.2, 0) is 10.0 Å². The zero-order valence-electron chi connectivity index (χ0n) is 13.1. The van der Waals surface area contributed by atoms with Crippen molar-refractivity contribution in [2.75, 3.05) is 4.72 Å². The predicted octanol–water partition coefficient (Wildman–Crippen LogP) is 2.98. The van der Waals surface area contributed by atoms with E-state index in [-0.39, 0.29) is 17.0 Å². The summed E-state index contributed by atoms with van der Waals surface area (Å²) >= 11 is 0. The third kappa shape index (κ3) is 3.77. The summed E-state index contributed by atoms with van der Waals surface area (Å²) in [5.41, 5.74) is -0.0726.